The first-order valence-electron chi connectivity index (χ1n) is 20.2. The number of para-hydroxylation sites is 6. The van der Waals surface area contributed by atoms with Crippen LogP contribution in [0.1, 0.15) is 0 Å². The third-order valence-corrected chi connectivity index (χ3v) is 12.1. The first-order valence-corrected chi connectivity index (χ1v) is 20.2. The van der Waals surface area contributed by atoms with Crippen molar-refractivity contribution >= 4 is 76.7 Å². The van der Waals surface area contributed by atoms with Crippen molar-refractivity contribution in [1.29, 1.82) is 0 Å². The molecule has 0 spiro atoms. The second-order valence-corrected chi connectivity index (χ2v) is 15.4. The number of imidazole rings is 2. The molecule has 0 N–H and O–H groups in total. The molecule has 0 saturated heterocycles. The number of rotatable bonds is 4. The standard InChI is InChI=1S/C54H32N6/c1-2-14-38-37(13-1)49(33-25-29-35(30-26-33)51-55-43-19-7-5-17-41(43)53-57-45-21-9-11-23-47(45)59(51)53)39-15-3-4-16-40(39)50(38)34-27-31-36(32-28-34)52-56-44-20-8-6-18-42(44)54-58-46-22-10-12-24-48(46)60(52)54/h1-32H. The highest BCUT2D eigenvalue weighted by Crippen LogP contribution is 2.44. The Morgan fingerprint density at radius 1 is 0.250 bits per heavy atom. The molecule has 0 fully saturated rings. The highest BCUT2D eigenvalue weighted by atomic mass is 15.1. The van der Waals surface area contributed by atoms with Crippen LogP contribution in [0.3, 0.4) is 0 Å². The van der Waals surface area contributed by atoms with Gasteiger partial charge in [-0.25, -0.2) is 19.9 Å². The van der Waals surface area contributed by atoms with Gasteiger partial charge in [-0.05, 0) is 92.3 Å². The van der Waals surface area contributed by atoms with Crippen molar-refractivity contribution in [3.63, 3.8) is 0 Å². The summed E-state index contributed by atoms with van der Waals surface area (Å²) in [5.41, 5.74) is 14.5. The summed E-state index contributed by atoms with van der Waals surface area (Å²) in [5.74, 6) is 1.75. The monoisotopic (exact) mass is 764 g/mol. The van der Waals surface area contributed by atoms with Gasteiger partial charge in [0, 0.05) is 21.9 Å². The molecule has 0 aliphatic carbocycles. The van der Waals surface area contributed by atoms with Crippen molar-refractivity contribution in [2.75, 3.05) is 0 Å². The zero-order valence-corrected chi connectivity index (χ0v) is 32.2. The summed E-state index contributed by atoms with van der Waals surface area (Å²) in [6.07, 6.45) is 0. The van der Waals surface area contributed by atoms with Crippen LogP contribution in [-0.4, -0.2) is 28.7 Å². The molecule has 9 aromatic carbocycles. The van der Waals surface area contributed by atoms with E-state index in [-0.39, 0.29) is 0 Å². The minimum absolute atomic E-state index is 0.873. The number of nitrogens with zero attached hydrogens (tertiary/aromatic N) is 6. The van der Waals surface area contributed by atoms with Gasteiger partial charge in [0.05, 0.1) is 33.1 Å². The highest BCUT2D eigenvalue weighted by Gasteiger charge is 2.20. The molecule has 0 radical (unpaired) electrons. The van der Waals surface area contributed by atoms with Crippen LogP contribution in [0.5, 0.6) is 0 Å². The van der Waals surface area contributed by atoms with Gasteiger partial charge in [-0.15, -0.1) is 0 Å². The summed E-state index contributed by atoms with van der Waals surface area (Å²) < 4.78 is 4.40. The molecule has 0 unspecified atom stereocenters. The van der Waals surface area contributed by atoms with Gasteiger partial charge < -0.3 is 0 Å². The SMILES string of the molecule is c1ccc2c(c1)nc(-c1ccc(-c3c4ccccc4c(-c4ccc(-c5nc6ccccc6c6nc7ccccc7n56)cc4)c4ccccc34)cc1)n1c3ccccc3nc21. The Kier molecular flexibility index (Phi) is 6.91. The van der Waals surface area contributed by atoms with Gasteiger partial charge in [0.1, 0.15) is 22.9 Å². The Balaban J connectivity index is 0.966. The smallest absolute Gasteiger partial charge is 0.149 e. The average Bonchev–Trinajstić information content (AvgIpc) is 3.91. The number of benzene rings is 9. The Labute approximate surface area is 343 Å². The quantitative estimate of drug-likeness (QED) is 0.167. The van der Waals surface area contributed by atoms with E-state index >= 15 is 0 Å². The molecule has 4 aromatic heterocycles. The third kappa shape index (κ3) is 4.76. The van der Waals surface area contributed by atoms with Crippen LogP contribution >= 0.6 is 0 Å². The van der Waals surface area contributed by atoms with Gasteiger partial charge in [-0.1, -0.05) is 146 Å². The van der Waals surface area contributed by atoms with Crippen LogP contribution in [-0.2, 0) is 0 Å². The number of hydrogen-bond acceptors (Lipinski definition) is 4. The van der Waals surface area contributed by atoms with Crippen LogP contribution in [0.15, 0.2) is 194 Å². The van der Waals surface area contributed by atoms with Crippen LogP contribution in [0, 0.1) is 0 Å². The molecule has 278 valence electrons. The first kappa shape index (κ1) is 32.8. The lowest BCUT2D eigenvalue weighted by Crippen LogP contribution is -1.98. The van der Waals surface area contributed by atoms with Gasteiger partial charge in [0.15, 0.2) is 0 Å². The zero-order chi connectivity index (χ0) is 39.3. The van der Waals surface area contributed by atoms with Gasteiger partial charge in [-0.2, -0.15) is 0 Å². The van der Waals surface area contributed by atoms with E-state index in [0.717, 1.165) is 89.1 Å². The van der Waals surface area contributed by atoms with E-state index in [1.54, 1.807) is 0 Å². The molecular formula is C54H32N6. The first-order chi connectivity index (χ1) is 29.8. The fourth-order valence-corrected chi connectivity index (χ4v) is 9.40. The molecule has 0 aliphatic rings. The predicted molar refractivity (Wildman–Crippen MR) is 246 cm³/mol. The van der Waals surface area contributed by atoms with Crippen molar-refractivity contribution < 1.29 is 0 Å². The molecule has 0 bridgehead atoms. The molecular weight excluding hydrogens is 733 g/mol. The van der Waals surface area contributed by atoms with Crippen molar-refractivity contribution in [2.45, 2.75) is 0 Å². The molecule has 13 aromatic rings. The zero-order valence-electron chi connectivity index (χ0n) is 32.2. The molecule has 0 atom stereocenters. The summed E-state index contributed by atoms with van der Waals surface area (Å²) in [4.78, 5) is 20.6. The summed E-state index contributed by atoms with van der Waals surface area (Å²) in [6.45, 7) is 0. The molecule has 4 heterocycles. The molecule has 0 aliphatic heterocycles. The maximum atomic E-state index is 5.22. The van der Waals surface area contributed by atoms with E-state index in [1.807, 2.05) is 24.3 Å². The Hall–Kier alpha value is -8.22. The normalized spacial score (nSPS) is 12.0. The third-order valence-electron chi connectivity index (χ3n) is 12.1. The van der Waals surface area contributed by atoms with Crippen LogP contribution in [0.2, 0.25) is 0 Å². The molecule has 0 saturated carbocycles. The maximum absolute atomic E-state index is 5.22. The van der Waals surface area contributed by atoms with Crippen molar-refractivity contribution in [2.24, 2.45) is 0 Å². The molecule has 60 heavy (non-hydrogen) atoms. The van der Waals surface area contributed by atoms with Crippen LogP contribution < -0.4 is 0 Å². The molecule has 6 heteroatoms. The summed E-state index contributed by atoms with van der Waals surface area (Å²) >= 11 is 0. The maximum Gasteiger partial charge on any atom is 0.149 e. The molecule has 13 rings (SSSR count). The summed E-state index contributed by atoms with van der Waals surface area (Å²) in [7, 11) is 0. The lowest BCUT2D eigenvalue weighted by molar-refractivity contribution is 1.16. The van der Waals surface area contributed by atoms with Gasteiger partial charge in [0.25, 0.3) is 0 Å². The summed E-state index contributed by atoms with van der Waals surface area (Å²) in [6, 6.07) is 68.6. The van der Waals surface area contributed by atoms with E-state index in [0.29, 0.717) is 0 Å². The van der Waals surface area contributed by atoms with Gasteiger partial charge in [-0.3, -0.25) is 8.80 Å². The molecule has 6 nitrogen and oxygen atoms in total. The number of fused-ring (bicyclic) bond motifs is 12. The topological polar surface area (TPSA) is 60.4 Å². The number of aromatic nitrogens is 6. The lowest BCUT2D eigenvalue weighted by Gasteiger charge is -2.18. The average molecular weight is 765 g/mol. The van der Waals surface area contributed by atoms with E-state index in [4.69, 9.17) is 19.9 Å². The van der Waals surface area contributed by atoms with E-state index in [9.17, 15) is 0 Å². The minimum Gasteiger partial charge on any atom is -0.276 e. The Bertz CT molecular complexity index is 3570. The predicted octanol–water partition coefficient (Wildman–Crippen LogP) is 13.4. The minimum atomic E-state index is 0.873. The number of hydrogen-bond donors (Lipinski definition) is 0. The summed E-state index contributed by atoms with van der Waals surface area (Å²) in [5, 5.41) is 6.90. The molecule has 0 amide bonds. The van der Waals surface area contributed by atoms with Crippen molar-refractivity contribution in [3.8, 4) is 45.0 Å². The van der Waals surface area contributed by atoms with E-state index < -0.39 is 0 Å². The van der Waals surface area contributed by atoms with Crippen LogP contribution in [0.4, 0.5) is 0 Å². The van der Waals surface area contributed by atoms with Crippen LogP contribution in [0.25, 0.3) is 122 Å². The fourth-order valence-electron chi connectivity index (χ4n) is 9.40. The highest BCUT2D eigenvalue weighted by molar-refractivity contribution is 6.21. The fraction of sp³-hybridized carbons (Fsp3) is 0. The van der Waals surface area contributed by atoms with E-state index in [2.05, 4.69) is 179 Å². The van der Waals surface area contributed by atoms with E-state index in [1.165, 1.54) is 32.7 Å². The largest absolute Gasteiger partial charge is 0.276 e. The van der Waals surface area contributed by atoms with Gasteiger partial charge in [0.2, 0.25) is 0 Å². The Morgan fingerprint density at radius 3 is 0.933 bits per heavy atom. The lowest BCUT2D eigenvalue weighted by atomic mass is 9.85. The van der Waals surface area contributed by atoms with Crippen molar-refractivity contribution in [3.05, 3.63) is 194 Å². The second-order valence-electron chi connectivity index (χ2n) is 15.4. The Morgan fingerprint density at radius 2 is 0.550 bits per heavy atom. The van der Waals surface area contributed by atoms with Gasteiger partial charge >= 0.3 is 0 Å². The second kappa shape index (κ2) is 12.6. The van der Waals surface area contributed by atoms with Crippen molar-refractivity contribution in [1.82, 2.24) is 28.7 Å².